The zero-order valence-electron chi connectivity index (χ0n) is 19.1. The second kappa shape index (κ2) is 8.30. The van der Waals surface area contributed by atoms with Crippen LogP contribution < -0.4 is 4.90 Å². The third-order valence-electron chi connectivity index (χ3n) is 6.70. The summed E-state index contributed by atoms with van der Waals surface area (Å²) in [7, 11) is 0. The van der Waals surface area contributed by atoms with Gasteiger partial charge in [-0.25, -0.2) is 0 Å². The average Bonchev–Trinajstić information content (AvgIpc) is 3.37. The summed E-state index contributed by atoms with van der Waals surface area (Å²) in [6, 6.07) is 41.2. The standard InChI is InChI=1S/C32H22N2S/c1-3-10-22(11-4-1)34(23-12-5-2-6-13-23)28-19-18-27-31-25(15-9-16-26(28)31)24-14-7-8-17-29(24)35-30-20-21-33-32(27)30/h1-20H,21H2. The van der Waals surface area contributed by atoms with Gasteiger partial charge in [-0.2, -0.15) is 0 Å². The van der Waals surface area contributed by atoms with E-state index in [1.54, 1.807) is 0 Å². The van der Waals surface area contributed by atoms with Gasteiger partial charge in [0.05, 0.1) is 17.9 Å². The van der Waals surface area contributed by atoms with Crippen molar-refractivity contribution in [2.45, 2.75) is 4.90 Å². The minimum atomic E-state index is 0.741. The predicted octanol–water partition coefficient (Wildman–Crippen LogP) is 8.77. The molecule has 0 aliphatic carbocycles. The molecule has 0 N–H and O–H groups in total. The Labute approximate surface area is 209 Å². The fourth-order valence-electron chi connectivity index (χ4n) is 5.19. The maximum absolute atomic E-state index is 4.94. The third kappa shape index (κ3) is 3.31. The molecule has 5 aromatic rings. The van der Waals surface area contributed by atoms with E-state index < -0.39 is 0 Å². The van der Waals surface area contributed by atoms with E-state index in [0.29, 0.717) is 0 Å². The maximum atomic E-state index is 4.94. The van der Waals surface area contributed by atoms with Gasteiger partial charge in [0, 0.05) is 37.5 Å². The molecule has 0 saturated carbocycles. The average molecular weight is 467 g/mol. The van der Waals surface area contributed by atoms with Crippen LogP contribution in [0.3, 0.4) is 0 Å². The van der Waals surface area contributed by atoms with Crippen molar-refractivity contribution in [1.29, 1.82) is 0 Å². The third-order valence-corrected chi connectivity index (χ3v) is 7.85. The molecule has 7 rings (SSSR count). The Bertz CT molecular complexity index is 1600. The van der Waals surface area contributed by atoms with Crippen molar-refractivity contribution in [3.05, 3.63) is 132 Å². The van der Waals surface area contributed by atoms with E-state index in [4.69, 9.17) is 4.99 Å². The highest BCUT2D eigenvalue weighted by Gasteiger charge is 2.26. The van der Waals surface area contributed by atoms with Gasteiger partial charge in [0.25, 0.3) is 0 Å². The zero-order valence-corrected chi connectivity index (χ0v) is 19.9. The summed E-state index contributed by atoms with van der Waals surface area (Å²) < 4.78 is 0. The number of hydrogen-bond donors (Lipinski definition) is 0. The van der Waals surface area contributed by atoms with Crippen molar-refractivity contribution >= 4 is 45.3 Å². The van der Waals surface area contributed by atoms with Crippen LogP contribution >= 0.6 is 11.8 Å². The Hall–Kier alpha value is -4.08. The van der Waals surface area contributed by atoms with E-state index in [1.165, 1.54) is 37.3 Å². The van der Waals surface area contributed by atoms with Crippen LogP contribution in [0.5, 0.6) is 0 Å². The van der Waals surface area contributed by atoms with Crippen LogP contribution in [0.1, 0.15) is 5.56 Å². The Morgan fingerprint density at radius 1 is 0.600 bits per heavy atom. The lowest BCUT2D eigenvalue weighted by molar-refractivity contribution is 1.28. The number of hydrogen-bond acceptors (Lipinski definition) is 3. The first-order valence-electron chi connectivity index (χ1n) is 11.9. The van der Waals surface area contributed by atoms with Gasteiger partial charge in [0.15, 0.2) is 0 Å². The Morgan fingerprint density at radius 3 is 2.06 bits per heavy atom. The molecule has 2 aliphatic rings. The fourth-order valence-corrected chi connectivity index (χ4v) is 6.29. The van der Waals surface area contributed by atoms with E-state index >= 15 is 0 Å². The molecule has 0 unspecified atom stereocenters. The number of rotatable bonds is 3. The lowest BCUT2D eigenvalue weighted by Crippen LogP contribution is -2.12. The highest BCUT2D eigenvalue weighted by molar-refractivity contribution is 8.04. The first-order valence-corrected chi connectivity index (χ1v) is 12.7. The molecule has 35 heavy (non-hydrogen) atoms. The monoisotopic (exact) mass is 466 g/mol. The fraction of sp³-hybridized carbons (Fsp3) is 0.0312. The van der Waals surface area contributed by atoms with E-state index in [0.717, 1.165) is 29.3 Å². The van der Waals surface area contributed by atoms with Gasteiger partial charge in [-0.1, -0.05) is 90.6 Å². The predicted molar refractivity (Wildman–Crippen MR) is 149 cm³/mol. The van der Waals surface area contributed by atoms with E-state index in [2.05, 4.69) is 126 Å². The number of anilines is 3. The molecule has 0 radical (unpaired) electrons. The molecular weight excluding hydrogens is 444 g/mol. The molecule has 0 spiro atoms. The normalized spacial score (nSPS) is 13.8. The molecule has 0 aromatic heterocycles. The number of allylic oxidation sites excluding steroid dienone is 1. The minimum absolute atomic E-state index is 0.741. The van der Waals surface area contributed by atoms with E-state index in [9.17, 15) is 0 Å². The minimum Gasteiger partial charge on any atom is -0.310 e. The lowest BCUT2D eigenvalue weighted by atomic mass is 9.91. The molecule has 2 nitrogen and oxygen atoms in total. The quantitative estimate of drug-likeness (QED) is 0.264. The van der Waals surface area contributed by atoms with Gasteiger partial charge in [0.2, 0.25) is 0 Å². The molecule has 0 fully saturated rings. The van der Waals surface area contributed by atoms with Crippen LogP contribution in [-0.2, 0) is 0 Å². The Balaban J connectivity index is 1.58. The van der Waals surface area contributed by atoms with Crippen molar-refractivity contribution in [3.8, 4) is 11.1 Å². The van der Waals surface area contributed by atoms with Crippen LogP contribution in [0.4, 0.5) is 17.1 Å². The van der Waals surface area contributed by atoms with Crippen LogP contribution in [0, 0.1) is 0 Å². The van der Waals surface area contributed by atoms with Crippen molar-refractivity contribution < 1.29 is 0 Å². The van der Waals surface area contributed by atoms with Crippen LogP contribution in [-0.4, -0.2) is 12.3 Å². The Kier molecular flexibility index (Phi) is 4.81. The van der Waals surface area contributed by atoms with Crippen molar-refractivity contribution in [1.82, 2.24) is 0 Å². The molecule has 0 amide bonds. The summed E-state index contributed by atoms with van der Waals surface area (Å²) in [6.45, 7) is 0.741. The zero-order chi connectivity index (χ0) is 23.2. The van der Waals surface area contributed by atoms with Crippen molar-refractivity contribution in [2.75, 3.05) is 11.4 Å². The number of benzene rings is 5. The van der Waals surface area contributed by atoms with Gasteiger partial charge in [-0.3, -0.25) is 4.99 Å². The molecule has 2 heterocycles. The molecule has 0 bridgehead atoms. The second-order valence-corrected chi connectivity index (χ2v) is 9.81. The number of thioether (sulfide) groups is 1. The summed E-state index contributed by atoms with van der Waals surface area (Å²) >= 11 is 1.83. The Morgan fingerprint density at radius 2 is 1.29 bits per heavy atom. The maximum Gasteiger partial charge on any atom is 0.0793 e. The summed E-state index contributed by atoms with van der Waals surface area (Å²) in [4.78, 5) is 9.82. The topological polar surface area (TPSA) is 15.6 Å². The molecule has 5 aromatic carbocycles. The SMILES string of the molecule is C1=C2Sc3ccccc3-c3cccc4c(N(c5ccccc5)c5ccccc5)ccc(c34)C2=NC1. The smallest absolute Gasteiger partial charge is 0.0793 e. The lowest BCUT2D eigenvalue weighted by Gasteiger charge is -2.28. The number of para-hydroxylation sites is 2. The molecule has 3 heteroatoms. The highest BCUT2D eigenvalue weighted by Crippen LogP contribution is 2.48. The molecule has 2 aliphatic heterocycles. The summed E-state index contributed by atoms with van der Waals surface area (Å²) in [5, 5.41) is 2.49. The van der Waals surface area contributed by atoms with Crippen molar-refractivity contribution in [3.63, 3.8) is 0 Å². The van der Waals surface area contributed by atoms with Gasteiger partial charge in [0.1, 0.15) is 0 Å². The van der Waals surface area contributed by atoms with E-state index in [-0.39, 0.29) is 0 Å². The summed E-state index contributed by atoms with van der Waals surface area (Å²) in [5.41, 5.74) is 8.31. The van der Waals surface area contributed by atoms with E-state index in [1.807, 2.05) is 11.8 Å². The number of aliphatic imine (C=N–C) groups is 1. The van der Waals surface area contributed by atoms with Crippen LogP contribution in [0.15, 0.2) is 136 Å². The van der Waals surface area contributed by atoms with Gasteiger partial charge in [-0.15, -0.1) is 0 Å². The highest BCUT2D eigenvalue weighted by atomic mass is 32.2. The van der Waals surface area contributed by atoms with Gasteiger partial charge >= 0.3 is 0 Å². The molecule has 0 saturated heterocycles. The van der Waals surface area contributed by atoms with Crippen LogP contribution in [0.25, 0.3) is 21.9 Å². The largest absolute Gasteiger partial charge is 0.310 e. The molecular formula is C32H22N2S. The first kappa shape index (κ1) is 20.3. The molecule has 0 atom stereocenters. The molecule has 166 valence electrons. The summed E-state index contributed by atoms with van der Waals surface area (Å²) in [5.74, 6) is 0. The van der Waals surface area contributed by atoms with Gasteiger partial charge in [-0.05, 0) is 53.6 Å². The number of fused-ring (bicyclic) bond motifs is 4. The second-order valence-electron chi connectivity index (χ2n) is 8.72. The first-order chi connectivity index (χ1) is 17.4. The van der Waals surface area contributed by atoms with Gasteiger partial charge < -0.3 is 4.90 Å². The number of nitrogens with zero attached hydrogens (tertiary/aromatic N) is 2. The summed E-state index contributed by atoms with van der Waals surface area (Å²) in [6.07, 6.45) is 2.25. The van der Waals surface area contributed by atoms with Crippen LogP contribution in [0.2, 0.25) is 0 Å². The van der Waals surface area contributed by atoms with Crippen molar-refractivity contribution in [2.24, 2.45) is 4.99 Å².